The van der Waals surface area contributed by atoms with Crippen molar-refractivity contribution in [3.63, 3.8) is 0 Å². The molecule has 3 aromatic rings. The van der Waals surface area contributed by atoms with Gasteiger partial charge in [-0.05, 0) is 36.7 Å². The van der Waals surface area contributed by atoms with Gasteiger partial charge in [0.15, 0.2) is 5.65 Å². The van der Waals surface area contributed by atoms with Crippen LogP contribution in [0, 0.1) is 17.8 Å². The molecule has 1 saturated carbocycles. The van der Waals surface area contributed by atoms with Gasteiger partial charge in [0.2, 0.25) is 5.16 Å². The second kappa shape index (κ2) is 8.07. The smallest absolute Gasteiger partial charge is 0.316 e. The topological polar surface area (TPSA) is 80.8 Å². The molecule has 0 unspecified atom stereocenters. The molecule has 7 heteroatoms. The molecule has 28 heavy (non-hydrogen) atoms. The van der Waals surface area contributed by atoms with E-state index in [0.29, 0.717) is 28.6 Å². The number of benzene rings is 1. The Morgan fingerprint density at radius 2 is 2.11 bits per heavy atom. The summed E-state index contributed by atoms with van der Waals surface area (Å²) >= 11 is 1.27. The minimum Gasteiger partial charge on any atom is -0.461 e. The van der Waals surface area contributed by atoms with E-state index < -0.39 is 0 Å². The van der Waals surface area contributed by atoms with Crippen LogP contribution in [0.2, 0.25) is 0 Å². The molecule has 1 fully saturated rings. The minimum atomic E-state index is -0.199. The van der Waals surface area contributed by atoms with Crippen LogP contribution in [0.5, 0.6) is 0 Å². The van der Waals surface area contributed by atoms with Gasteiger partial charge in [-0.2, -0.15) is 0 Å². The Kier molecular flexibility index (Phi) is 5.53. The summed E-state index contributed by atoms with van der Waals surface area (Å²) in [6, 6.07) is 7.91. The Hall–Kier alpha value is -2.15. The maximum absolute atomic E-state index is 12.4. The summed E-state index contributed by atoms with van der Waals surface area (Å²) in [7, 11) is 0. The van der Waals surface area contributed by atoms with Crippen molar-refractivity contribution < 1.29 is 9.53 Å². The van der Waals surface area contributed by atoms with E-state index in [2.05, 4.69) is 40.9 Å². The molecule has 0 saturated heterocycles. The normalized spacial score (nSPS) is 22.8. The highest BCUT2D eigenvalue weighted by Crippen LogP contribution is 2.35. The van der Waals surface area contributed by atoms with E-state index in [0.717, 1.165) is 29.3 Å². The average Bonchev–Trinajstić information content (AvgIpc) is 3.04. The summed E-state index contributed by atoms with van der Waals surface area (Å²) in [5, 5.41) is 9.95. The van der Waals surface area contributed by atoms with Crippen LogP contribution in [0.15, 0.2) is 29.4 Å². The third kappa shape index (κ3) is 3.99. The van der Waals surface area contributed by atoms with Gasteiger partial charge in [-0.3, -0.25) is 4.79 Å². The van der Waals surface area contributed by atoms with Gasteiger partial charge in [0.25, 0.3) is 0 Å². The van der Waals surface area contributed by atoms with E-state index in [1.807, 2.05) is 24.3 Å². The summed E-state index contributed by atoms with van der Waals surface area (Å²) in [5.41, 5.74) is 2.42. The molecular weight excluding hydrogens is 372 g/mol. The van der Waals surface area contributed by atoms with Crippen LogP contribution in [0.3, 0.4) is 0 Å². The molecule has 2 heterocycles. The van der Waals surface area contributed by atoms with Crippen LogP contribution in [-0.4, -0.2) is 38.0 Å². The molecule has 0 radical (unpaired) electrons. The number of nitrogens with zero attached hydrogens (tertiary/aromatic N) is 3. The zero-order valence-electron chi connectivity index (χ0n) is 16.5. The van der Waals surface area contributed by atoms with Crippen LogP contribution in [0.4, 0.5) is 0 Å². The number of aromatic nitrogens is 4. The first-order valence-corrected chi connectivity index (χ1v) is 10.9. The molecule has 0 bridgehead atoms. The predicted octanol–water partition coefficient (Wildman–Crippen LogP) is 4.60. The van der Waals surface area contributed by atoms with Gasteiger partial charge in [-0.25, -0.2) is 4.98 Å². The lowest BCUT2D eigenvalue weighted by atomic mass is 9.75. The van der Waals surface area contributed by atoms with Crippen molar-refractivity contribution in [1.29, 1.82) is 0 Å². The van der Waals surface area contributed by atoms with Crippen molar-refractivity contribution in [1.82, 2.24) is 20.2 Å². The first-order chi connectivity index (χ1) is 13.5. The van der Waals surface area contributed by atoms with Crippen molar-refractivity contribution >= 4 is 39.8 Å². The van der Waals surface area contributed by atoms with Crippen molar-refractivity contribution in [3.05, 3.63) is 24.3 Å². The minimum absolute atomic E-state index is 0.0204. The zero-order chi connectivity index (χ0) is 19.7. The van der Waals surface area contributed by atoms with E-state index in [1.165, 1.54) is 18.2 Å². The first-order valence-electron chi connectivity index (χ1n) is 9.94. The molecule has 1 aliphatic carbocycles. The SMILES string of the molecule is CC(C)[C@H]1CC[C@H](C)C[C@H]1OC(=O)CSc1nnc2c(n1)[nH]c1ccccc12. The van der Waals surface area contributed by atoms with E-state index in [4.69, 9.17) is 4.74 Å². The Bertz CT molecular complexity index is 987. The number of ether oxygens (including phenoxy) is 1. The highest BCUT2D eigenvalue weighted by molar-refractivity contribution is 7.99. The lowest BCUT2D eigenvalue weighted by Crippen LogP contribution is -2.36. The lowest BCUT2D eigenvalue weighted by Gasteiger charge is -2.36. The number of hydrogen-bond acceptors (Lipinski definition) is 6. The number of esters is 1. The summed E-state index contributed by atoms with van der Waals surface area (Å²) in [6.45, 7) is 6.66. The van der Waals surface area contributed by atoms with Gasteiger partial charge in [0, 0.05) is 10.9 Å². The number of H-pyrrole nitrogens is 1. The Balaban J connectivity index is 1.40. The second-order valence-electron chi connectivity index (χ2n) is 8.11. The number of para-hydroxylation sites is 1. The molecule has 6 nitrogen and oxygen atoms in total. The average molecular weight is 399 g/mol. The third-order valence-corrected chi connectivity index (χ3v) is 6.48. The molecule has 148 valence electrons. The molecule has 1 N–H and O–H groups in total. The Morgan fingerprint density at radius 3 is 2.93 bits per heavy atom. The molecule has 2 aromatic heterocycles. The van der Waals surface area contributed by atoms with Crippen LogP contribution in [0.1, 0.15) is 40.0 Å². The van der Waals surface area contributed by atoms with Gasteiger partial charge in [-0.15, -0.1) is 10.2 Å². The highest BCUT2D eigenvalue weighted by atomic mass is 32.2. The Morgan fingerprint density at radius 1 is 1.29 bits per heavy atom. The number of rotatable bonds is 5. The number of nitrogens with one attached hydrogen (secondary N) is 1. The van der Waals surface area contributed by atoms with E-state index in [-0.39, 0.29) is 17.8 Å². The fraction of sp³-hybridized carbons (Fsp3) is 0.524. The van der Waals surface area contributed by atoms with E-state index in [1.54, 1.807) is 0 Å². The predicted molar refractivity (Wildman–Crippen MR) is 111 cm³/mol. The monoisotopic (exact) mass is 398 g/mol. The summed E-state index contributed by atoms with van der Waals surface area (Å²) < 4.78 is 5.85. The number of thioether (sulfide) groups is 1. The van der Waals surface area contributed by atoms with Crippen LogP contribution < -0.4 is 0 Å². The van der Waals surface area contributed by atoms with Crippen molar-refractivity contribution in [2.75, 3.05) is 5.75 Å². The van der Waals surface area contributed by atoms with Gasteiger partial charge >= 0.3 is 5.97 Å². The van der Waals surface area contributed by atoms with E-state index in [9.17, 15) is 4.79 Å². The summed E-state index contributed by atoms with van der Waals surface area (Å²) in [6.07, 6.45) is 3.33. The maximum Gasteiger partial charge on any atom is 0.316 e. The highest BCUT2D eigenvalue weighted by Gasteiger charge is 2.33. The van der Waals surface area contributed by atoms with Gasteiger partial charge in [0.05, 0.1) is 5.75 Å². The van der Waals surface area contributed by atoms with E-state index >= 15 is 0 Å². The standard InChI is InChI=1S/C21H26N4O2S/c1-12(2)14-9-8-13(3)10-17(14)27-18(26)11-28-21-23-20-19(24-25-21)15-6-4-5-7-16(15)22-20/h4-7,12-14,17H,8-11H2,1-3H3,(H,22,23,25)/t13-,14+,17+/m0/s1. The fourth-order valence-electron chi connectivity index (χ4n) is 4.14. The maximum atomic E-state index is 12.4. The van der Waals surface area contributed by atoms with Crippen LogP contribution in [0.25, 0.3) is 22.1 Å². The molecule has 1 aromatic carbocycles. The van der Waals surface area contributed by atoms with Crippen molar-refractivity contribution in [2.45, 2.75) is 51.3 Å². The molecule has 3 atom stereocenters. The lowest BCUT2D eigenvalue weighted by molar-refractivity contribution is -0.152. The van der Waals surface area contributed by atoms with Gasteiger partial charge < -0.3 is 9.72 Å². The molecule has 0 spiro atoms. The summed E-state index contributed by atoms with van der Waals surface area (Å²) in [5.74, 6) is 1.58. The van der Waals surface area contributed by atoms with Crippen molar-refractivity contribution in [2.24, 2.45) is 17.8 Å². The molecule has 4 rings (SSSR count). The first kappa shape index (κ1) is 19.2. The number of carbonyl (C=O) groups excluding carboxylic acids is 1. The quantitative estimate of drug-likeness (QED) is 0.500. The number of hydrogen-bond donors (Lipinski definition) is 1. The molecule has 1 aliphatic rings. The zero-order valence-corrected chi connectivity index (χ0v) is 17.3. The number of aromatic amines is 1. The Labute approximate surface area is 168 Å². The fourth-order valence-corrected chi connectivity index (χ4v) is 4.71. The largest absolute Gasteiger partial charge is 0.461 e. The molecule has 0 aliphatic heterocycles. The van der Waals surface area contributed by atoms with Crippen LogP contribution in [-0.2, 0) is 9.53 Å². The molecular formula is C21H26N4O2S. The third-order valence-electron chi connectivity index (χ3n) is 5.67. The number of fused-ring (bicyclic) bond motifs is 3. The van der Waals surface area contributed by atoms with Crippen molar-refractivity contribution in [3.8, 4) is 0 Å². The van der Waals surface area contributed by atoms with Gasteiger partial charge in [-0.1, -0.05) is 57.2 Å². The summed E-state index contributed by atoms with van der Waals surface area (Å²) in [4.78, 5) is 20.2. The second-order valence-corrected chi connectivity index (χ2v) is 9.05. The van der Waals surface area contributed by atoms with Gasteiger partial charge in [0.1, 0.15) is 11.6 Å². The number of carbonyl (C=O) groups is 1. The van der Waals surface area contributed by atoms with Crippen LogP contribution >= 0.6 is 11.8 Å². The molecule has 0 amide bonds.